The second-order valence-corrected chi connectivity index (χ2v) is 10.5. The fraction of sp³-hybridized carbons (Fsp3) is 0.690. The molecule has 3 atom stereocenters. The summed E-state index contributed by atoms with van der Waals surface area (Å²) in [6, 6.07) is 7.23. The van der Waals surface area contributed by atoms with Gasteiger partial charge in [0.2, 0.25) is 5.91 Å². The van der Waals surface area contributed by atoms with Gasteiger partial charge in [0.25, 0.3) is 0 Å². The number of likely N-dealkylation sites (tertiary alicyclic amines) is 1. The molecule has 1 unspecified atom stereocenters. The summed E-state index contributed by atoms with van der Waals surface area (Å²) >= 11 is 0. The third-order valence-electron chi connectivity index (χ3n) is 7.23. The van der Waals surface area contributed by atoms with E-state index >= 15 is 0 Å². The summed E-state index contributed by atoms with van der Waals surface area (Å²) in [4.78, 5) is 18.0. The first-order valence-corrected chi connectivity index (χ1v) is 13.3. The molecule has 33 heavy (non-hydrogen) atoms. The standard InChI is InChI=1S/C29H46N2O2/c1-6-8-13-30(14-9-7-2)29(32)21-31-20-26(19-27(31)17-23(5)16-22(3)4)24-10-11-28-25(18-24)12-15-33-28/h10-11,16,18,23,26-27H,6-9,12-15,17,19-21H2,1-5H3/t23-,26?,27+/m1/s1. The van der Waals surface area contributed by atoms with Crippen LogP contribution in [0.25, 0.3) is 0 Å². The molecular weight excluding hydrogens is 408 g/mol. The topological polar surface area (TPSA) is 32.8 Å². The summed E-state index contributed by atoms with van der Waals surface area (Å²) in [5.41, 5.74) is 4.15. The summed E-state index contributed by atoms with van der Waals surface area (Å²) in [6.45, 7) is 15.2. The number of amides is 1. The number of ether oxygens (including phenoxy) is 1. The highest BCUT2D eigenvalue weighted by Gasteiger charge is 2.35. The number of benzene rings is 1. The van der Waals surface area contributed by atoms with Crippen LogP contribution in [0, 0.1) is 5.92 Å². The van der Waals surface area contributed by atoms with Crippen LogP contribution in [0.1, 0.15) is 90.2 Å². The van der Waals surface area contributed by atoms with Crippen molar-refractivity contribution in [3.63, 3.8) is 0 Å². The highest BCUT2D eigenvalue weighted by atomic mass is 16.5. The summed E-state index contributed by atoms with van der Waals surface area (Å²) in [7, 11) is 0. The van der Waals surface area contributed by atoms with Crippen LogP contribution in [0.15, 0.2) is 29.8 Å². The first kappa shape index (κ1) is 25.8. The Morgan fingerprint density at radius 3 is 2.61 bits per heavy atom. The Hall–Kier alpha value is -1.81. The molecule has 3 rings (SSSR count). The van der Waals surface area contributed by atoms with Gasteiger partial charge in [0.15, 0.2) is 0 Å². The van der Waals surface area contributed by atoms with Crippen LogP contribution < -0.4 is 4.74 Å². The second kappa shape index (κ2) is 12.6. The molecule has 1 saturated heterocycles. The number of hydrogen-bond acceptors (Lipinski definition) is 3. The Morgan fingerprint density at radius 2 is 1.94 bits per heavy atom. The number of carbonyl (C=O) groups excluding carboxylic acids is 1. The number of hydrogen-bond donors (Lipinski definition) is 0. The van der Waals surface area contributed by atoms with Gasteiger partial charge in [-0.2, -0.15) is 0 Å². The van der Waals surface area contributed by atoms with Crippen molar-refractivity contribution in [2.24, 2.45) is 5.92 Å². The summed E-state index contributed by atoms with van der Waals surface area (Å²) in [5.74, 6) is 2.40. The smallest absolute Gasteiger partial charge is 0.236 e. The van der Waals surface area contributed by atoms with Crippen LogP contribution in [0.4, 0.5) is 0 Å². The van der Waals surface area contributed by atoms with Crippen LogP contribution in [0.2, 0.25) is 0 Å². The Morgan fingerprint density at radius 1 is 1.21 bits per heavy atom. The first-order valence-electron chi connectivity index (χ1n) is 13.3. The zero-order valence-electron chi connectivity index (χ0n) is 21.7. The van der Waals surface area contributed by atoms with Crippen LogP contribution in [0.5, 0.6) is 5.75 Å². The molecule has 1 aromatic rings. The number of unbranched alkanes of at least 4 members (excludes halogenated alkanes) is 2. The lowest BCUT2D eigenvalue weighted by Crippen LogP contribution is -2.43. The van der Waals surface area contributed by atoms with E-state index < -0.39 is 0 Å². The van der Waals surface area contributed by atoms with E-state index in [0.717, 1.165) is 76.9 Å². The normalized spacial score (nSPS) is 20.9. The highest BCUT2D eigenvalue weighted by Crippen LogP contribution is 2.37. The maximum Gasteiger partial charge on any atom is 0.236 e. The lowest BCUT2D eigenvalue weighted by atomic mass is 9.91. The number of fused-ring (bicyclic) bond motifs is 1. The highest BCUT2D eigenvalue weighted by molar-refractivity contribution is 5.78. The van der Waals surface area contributed by atoms with Crippen molar-refractivity contribution in [1.29, 1.82) is 0 Å². The molecule has 1 fully saturated rings. The van der Waals surface area contributed by atoms with Gasteiger partial charge in [-0.3, -0.25) is 9.69 Å². The number of rotatable bonds is 12. The molecule has 0 N–H and O–H groups in total. The van der Waals surface area contributed by atoms with Crippen molar-refractivity contribution in [3.05, 3.63) is 41.0 Å². The van der Waals surface area contributed by atoms with E-state index in [4.69, 9.17) is 4.74 Å². The minimum Gasteiger partial charge on any atom is -0.493 e. The number of nitrogens with zero attached hydrogens (tertiary/aromatic N) is 2. The predicted molar refractivity (Wildman–Crippen MR) is 138 cm³/mol. The lowest BCUT2D eigenvalue weighted by molar-refractivity contribution is -0.132. The third-order valence-corrected chi connectivity index (χ3v) is 7.23. The summed E-state index contributed by atoms with van der Waals surface area (Å²) in [5, 5.41) is 0. The molecule has 184 valence electrons. The molecule has 0 bridgehead atoms. The third kappa shape index (κ3) is 7.34. The van der Waals surface area contributed by atoms with Gasteiger partial charge in [-0.1, -0.05) is 57.4 Å². The van der Waals surface area contributed by atoms with E-state index in [1.54, 1.807) is 0 Å². The van der Waals surface area contributed by atoms with Crippen molar-refractivity contribution in [2.45, 2.75) is 91.5 Å². The van der Waals surface area contributed by atoms with Crippen LogP contribution in [-0.2, 0) is 11.2 Å². The largest absolute Gasteiger partial charge is 0.493 e. The minimum atomic E-state index is 0.319. The lowest BCUT2D eigenvalue weighted by Gasteiger charge is -2.29. The van der Waals surface area contributed by atoms with Gasteiger partial charge in [0.05, 0.1) is 13.2 Å². The Kier molecular flexibility index (Phi) is 9.85. The average Bonchev–Trinajstić information content (AvgIpc) is 3.39. The van der Waals surface area contributed by atoms with Crippen molar-refractivity contribution in [2.75, 3.05) is 32.8 Å². The maximum absolute atomic E-state index is 13.4. The summed E-state index contributed by atoms with van der Waals surface area (Å²) in [6.07, 6.45) is 10.1. The Labute approximate surface area is 202 Å². The Bertz CT molecular complexity index is 791. The minimum absolute atomic E-state index is 0.319. The molecule has 0 aromatic heterocycles. The van der Waals surface area contributed by atoms with Gasteiger partial charge in [0.1, 0.15) is 5.75 Å². The predicted octanol–water partition coefficient (Wildman–Crippen LogP) is 6.20. The van der Waals surface area contributed by atoms with Crippen molar-refractivity contribution in [1.82, 2.24) is 9.80 Å². The second-order valence-electron chi connectivity index (χ2n) is 10.5. The molecule has 4 nitrogen and oxygen atoms in total. The van der Waals surface area contributed by atoms with E-state index in [9.17, 15) is 4.79 Å². The molecule has 0 aliphatic carbocycles. The Balaban J connectivity index is 1.73. The fourth-order valence-corrected chi connectivity index (χ4v) is 5.52. The van der Waals surface area contributed by atoms with E-state index in [2.05, 4.69) is 68.7 Å². The molecule has 1 aromatic carbocycles. The molecule has 2 aliphatic heterocycles. The fourth-order valence-electron chi connectivity index (χ4n) is 5.52. The number of allylic oxidation sites excluding steroid dienone is 2. The van der Waals surface area contributed by atoms with Crippen LogP contribution in [0.3, 0.4) is 0 Å². The monoisotopic (exact) mass is 454 g/mol. The van der Waals surface area contributed by atoms with E-state index in [0.29, 0.717) is 30.3 Å². The van der Waals surface area contributed by atoms with Gasteiger partial charge in [0, 0.05) is 32.1 Å². The van der Waals surface area contributed by atoms with Crippen LogP contribution >= 0.6 is 0 Å². The number of carbonyl (C=O) groups is 1. The maximum atomic E-state index is 13.4. The SMILES string of the molecule is CCCCN(CCCC)C(=O)CN1CC(c2ccc3c(c2)CCO3)C[C@@H]1C[C@H](C)C=C(C)C. The van der Waals surface area contributed by atoms with Gasteiger partial charge < -0.3 is 9.64 Å². The average molecular weight is 455 g/mol. The van der Waals surface area contributed by atoms with Gasteiger partial charge in [-0.25, -0.2) is 0 Å². The van der Waals surface area contributed by atoms with E-state index in [-0.39, 0.29) is 0 Å². The molecule has 0 saturated carbocycles. The van der Waals surface area contributed by atoms with Crippen molar-refractivity contribution in [3.8, 4) is 5.75 Å². The van der Waals surface area contributed by atoms with Crippen LogP contribution in [-0.4, -0.2) is 54.5 Å². The molecule has 0 spiro atoms. The summed E-state index contributed by atoms with van der Waals surface area (Å²) < 4.78 is 5.72. The quantitative estimate of drug-likeness (QED) is 0.353. The molecule has 4 heteroatoms. The van der Waals surface area contributed by atoms with Gasteiger partial charge >= 0.3 is 0 Å². The van der Waals surface area contributed by atoms with Crippen molar-refractivity contribution < 1.29 is 9.53 Å². The van der Waals surface area contributed by atoms with Gasteiger partial charge in [-0.15, -0.1) is 0 Å². The molecule has 1 amide bonds. The zero-order chi connectivity index (χ0) is 23.8. The van der Waals surface area contributed by atoms with E-state index in [1.165, 1.54) is 16.7 Å². The van der Waals surface area contributed by atoms with Crippen molar-refractivity contribution >= 4 is 5.91 Å². The zero-order valence-corrected chi connectivity index (χ0v) is 21.7. The molecule has 2 aliphatic rings. The van der Waals surface area contributed by atoms with E-state index in [1.807, 2.05) is 0 Å². The molecule has 0 radical (unpaired) electrons. The molecular formula is C29H46N2O2. The van der Waals surface area contributed by atoms with Gasteiger partial charge in [-0.05, 0) is 68.6 Å². The molecule has 2 heterocycles. The first-order chi connectivity index (χ1) is 15.9.